The summed E-state index contributed by atoms with van der Waals surface area (Å²) in [5.41, 5.74) is 6.69. The van der Waals surface area contributed by atoms with Gasteiger partial charge < -0.3 is 5.73 Å². The number of aromatic nitrogens is 1. The van der Waals surface area contributed by atoms with Gasteiger partial charge in [0.2, 0.25) is 5.91 Å². The molecule has 0 radical (unpaired) electrons. The van der Waals surface area contributed by atoms with Gasteiger partial charge in [-0.05, 0) is 24.3 Å². The van der Waals surface area contributed by atoms with Crippen LogP contribution in [0.15, 0.2) is 18.3 Å². The molecule has 2 heterocycles. The van der Waals surface area contributed by atoms with E-state index in [1.165, 1.54) is 12.2 Å². The summed E-state index contributed by atoms with van der Waals surface area (Å²) in [6.07, 6.45) is 2.84. The van der Waals surface area contributed by atoms with Gasteiger partial charge in [-0.3, -0.25) is 9.78 Å². The molecule has 2 N–H and O–H groups in total. The van der Waals surface area contributed by atoms with Crippen LogP contribution in [0.1, 0.15) is 35.3 Å². The van der Waals surface area contributed by atoms with E-state index in [0.29, 0.717) is 16.7 Å². The molecule has 2 rings (SSSR count). The number of pyridine rings is 1. The van der Waals surface area contributed by atoms with Crippen LogP contribution in [0.5, 0.6) is 0 Å². The quantitative estimate of drug-likeness (QED) is 0.848. The fraction of sp³-hybridized carbons (Fsp3) is 0.455. The van der Waals surface area contributed by atoms with Crippen LogP contribution in [0.25, 0.3) is 0 Å². The van der Waals surface area contributed by atoms with Gasteiger partial charge in [0.15, 0.2) is 0 Å². The highest BCUT2D eigenvalue weighted by molar-refractivity contribution is 8.01. The van der Waals surface area contributed by atoms with Crippen molar-refractivity contribution in [2.45, 2.75) is 24.5 Å². The van der Waals surface area contributed by atoms with Gasteiger partial charge in [0.25, 0.3) is 0 Å². The molecule has 0 aliphatic carbocycles. The summed E-state index contributed by atoms with van der Waals surface area (Å²) in [6.45, 7) is 2.18. The summed E-state index contributed by atoms with van der Waals surface area (Å²) in [5, 5.41) is 0.692. The molecule has 1 fully saturated rings. The Kier molecular flexibility index (Phi) is 2.95. The zero-order chi connectivity index (χ0) is 10.8. The zero-order valence-corrected chi connectivity index (χ0v) is 9.46. The summed E-state index contributed by atoms with van der Waals surface area (Å²) in [5.74, 6) is 1.30. The topological polar surface area (TPSA) is 56.0 Å². The van der Waals surface area contributed by atoms with E-state index in [1.807, 2.05) is 17.8 Å². The summed E-state index contributed by atoms with van der Waals surface area (Å²) in [6, 6.07) is 3.66. The molecule has 0 bridgehead atoms. The Bertz CT molecular complexity index is 359. The lowest BCUT2D eigenvalue weighted by Gasteiger charge is -2.30. The minimum Gasteiger partial charge on any atom is -0.366 e. The Labute approximate surface area is 93.5 Å². The van der Waals surface area contributed by atoms with Gasteiger partial charge in [-0.25, -0.2) is 0 Å². The molecule has 80 valence electrons. The maximum atomic E-state index is 10.9. The number of hydrogen-bond donors (Lipinski definition) is 1. The molecule has 2 atom stereocenters. The van der Waals surface area contributed by atoms with Gasteiger partial charge in [-0.1, -0.05) is 6.92 Å². The zero-order valence-electron chi connectivity index (χ0n) is 8.64. The average Bonchev–Trinajstić information content (AvgIpc) is 2.15. The fourth-order valence-electron chi connectivity index (χ4n) is 1.66. The molecule has 0 saturated carbocycles. The average molecular weight is 222 g/mol. The lowest BCUT2D eigenvalue weighted by atomic mass is 10.00. The van der Waals surface area contributed by atoms with Crippen LogP contribution < -0.4 is 5.73 Å². The lowest BCUT2D eigenvalue weighted by molar-refractivity contribution is 0.1000. The van der Waals surface area contributed by atoms with Gasteiger partial charge in [-0.15, -0.1) is 0 Å². The third-order valence-electron chi connectivity index (χ3n) is 2.83. The molecule has 1 saturated heterocycles. The van der Waals surface area contributed by atoms with Crippen molar-refractivity contribution in [1.82, 2.24) is 4.98 Å². The van der Waals surface area contributed by atoms with Gasteiger partial charge >= 0.3 is 0 Å². The first kappa shape index (κ1) is 10.5. The number of hydrogen-bond acceptors (Lipinski definition) is 3. The molecular weight excluding hydrogens is 208 g/mol. The Morgan fingerprint density at radius 3 is 2.80 bits per heavy atom. The largest absolute Gasteiger partial charge is 0.366 e. The fourth-order valence-corrected chi connectivity index (χ4v) is 2.60. The van der Waals surface area contributed by atoms with E-state index >= 15 is 0 Å². The molecule has 15 heavy (non-hydrogen) atoms. The highest BCUT2D eigenvalue weighted by Crippen LogP contribution is 2.38. The Morgan fingerprint density at radius 1 is 1.67 bits per heavy atom. The summed E-state index contributed by atoms with van der Waals surface area (Å²) in [7, 11) is 0. The predicted octanol–water partition coefficient (Wildman–Crippen LogP) is 1.79. The number of nitrogens with zero attached hydrogens (tertiary/aromatic N) is 1. The predicted molar refractivity (Wildman–Crippen MR) is 62.0 cm³/mol. The van der Waals surface area contributed by atoms with E-state index in [4.69, 9.17) is 5.73 Å². The smallest absolute Gasteiger partial charge is 0.250 e. The molecule has 3 nitrogen and oxygen atoms in total. The number of carbonyl (C=O) groups excluding carboxylic acids is 1. The van der Waals surface area contributed by atoms with Crippen LogP contribution in [0.2, 0.25) is 0 Å². The van der Waals surface area contributed by atoms with E-state index in [0.717, 1.165) is 5.69 Å². The maximum Gasteiger partial charge on any atom is 0.250 e. The molecule has 1 aliphatic heterocycles. The molecule has 1 aromatic heterocycles. The SMILES string of the molecule is CC(c1ccc(C(N)=O)cn1)C1CCS1. The van der Waals surface area contributed by atoms with Crippen LogP contribution in [-0.2, 0) is 0 Å². The molecular formula is C11H14N2OS. The number of primary amides is 1. The first-order valence-corrected chi connectivity index (χ1v) is 6.10. The van der Waals surface area contributed by atoms with Gasteiger partial charge in [0.1, 0.15) is 0 Å². The van der Waals surface area contributed by atoms with Crippen molar-refractivity contribution in [3.05, 3.63) is 29.6 Å². The number of rotatable bonds is 3. The molecule has 0 aromatic carbocycles. The number of amides is 1. The Hall–Kier alpha value is -1.03. The van der Waals surface area contributed by atoms with Crippen molar-refractivity contribution in [3.63, 3.8) is 0 Å². The van der Waals surface area contributed by atoms with E-state index < -0.39 is 5.91 Å². The van der Waals surface area contributed by atoms with Crippen molar-refractivity contribution in [3.8, 4) is 0 Å². The number of thioether (sulfide) groups is 1. The van der Waals surface area contributed by atoms with Crippen LogP contribution in [-0.4, -0.2) is 21.9 Å². The monoisotopic (exact) mass is 222 g/mol. The molecule has 0 spiro atoms. The first-order valence-electron chi connectivity index (χ1n) is 5.06. The van der Waals surface area contributed by atoms with E-state index in [1.54, 1.807) is 12.3 Å². The molecule has 1 aliphatic rings. The van der Waals surface area contributed by atoms with Crippen molar-refractivity contribution in [2.24, 2.45) is 5.73 Å². The Morgan fingerprint density at radius 2 is 2.40 bits per heavy atom. The minimum atomic E-state index is -0.417. The van der Waals surface area contributed by atoms with Crippen molar-refractivity contribution in [2.75, 3.05) is 5.75 Å². The highest BCUT2D eigenvalue weighted by atomic mass is 32.2. The molecule has 1 amide bonds. The normalized spacial score (nSPS) is 21.8. The minimum absolute atomic E-state index is 0.417. The standard InChI is InChI=1S/C11H14N2OS/c1-7(10-4-5-15-10)9-3-2-8(6-13-9)11(12)14/h2-3,6-7,10H,4-5H2,1H3,(H2,12,14). The number of carbonyl (C=O) groups is 1. The van der Waals surface area contributed by atoms with Crippen molar-refractivity contribution in [1.29, 1.82) is 0 Å². The van der Waals surface area contributed by atoms with Crippen molar-refractivity contribution < 1.29 is 4.79 Å². The first-order chi connectivity index (χ1) is 7.18. The van der Waals surface area contributed by atoms with Gasteiger partial charge in [0.05, 0.1) is 5.56 Å². The summed E-state index contributed by atoms with van der Waals surface area (Å²) in [4.78, 5) is 15.2. The second kappa shape index (κ2) is 4.23. The van der Waals surface area contributed by atoms with Crippen LogP contribution >= 0.6 is 11.8 Å². The Balaban J connectivity index is 2.11. The lowest BCUT2D eigenvalue weighted by Crippen LogP contribution is -2.23. The second-order valence-corrected chi connectivity index (χ2v) is 5.17. The molecule has 4 heteroatoms. The van der Waals surface area contributed by atoms with E-state index in [-0.39, 0.29) is 0 Å². The van der Waals surface area contributed by atoms with Gasteiger partial charge in [-0.2, -0.15) is 11.8 Å². The maximum absolute atomic E-state index is 10.9. The van der Waals surface area contributed by atoms with E-state index in [9.17, 15) is 4.79 Å². The highest BCUT2D eigenvalue weighted by Gasteiger charge is 2.26. The van der Waals surface area contributed by atoms with Gasteiger partial charge in [0, 0.05) is 23.1 Å². The summed E-state index contributed by atoms with van der Waals surface area (Å²) >= 11 is 1.99. The van der Waals surface area contributed by atoms with Crippen LogP contribution in [0.3, 0.4) is 0 Å². The van der Waals surface area contributed by atoms with Crippen LogP contribution in [0.4, 0.5) is 0 Å². The molecule has 1 aromatic rings. The third kappa shape index (κ3) is 2.15. The third-order valence-corrected chi connectivity index (χ3v) is 4.37. The van der Waals surface area contributed by atoms with Crippen molar-refractivity contribution >= 4 is 17.7 Å². The molecule has 2 unspecified atom stereocenters. The number of nitrogens with two attached hydrogens (primary N) is 1. The second-order valence-electron chi connectivity index (χ2n) is 3.82. The summed E-state index contributed by atoms with van der Waals surface area (Å²) < 4.78 is 0. The van der Waals surface area contributed by atoms with Crippen LogP contribution in [0, 0.1) is 0 Å². The van der Waals surface area contributed by atoms with E-state index in [2.05, 4.69) is 11.9 Å².